The van der Waals surface area contributed by atoms with Crippen molar-refractivity contribution in [3.63, 3.8) is 0 Å². The monoisotopic (exact) mass is 331 g/mol. The highest BCUT2D eigenvalue weighted by Gasteiger charge is 2.37. The fraction of sp³-hybridized carbons (Fsp3) is 0.769. The van der Waals surface area contributed by atoms with Crippen LogP contribution in [-0.2, 0) is 24.2 Å². The third-order valence-electron chi connectivity index (χ3n) is 3.69. The molecule has 1 atom stereocenters. The van der Waals surface area contributed by atoms with E-state index in [-0.39, 0.29) is 41.9 Å². The number of nitrogens with one attached hydrogen (secondary N) is 1. The molecule has 9 heteroatoms. The van der Waals surface area contributed by atoms with Crippen LogP contribution in [0.3, 0.4) is 0 Å². The maximum absolute atomic E-state index is 12.0. The lowest BCUT2D eigenvalue weighted by Crippen LogP contribution is -2.44. The van der Waals surface area contributed by atoms with Crippen LogP contribution in [0.1, 0.15) is 25.7 Å². The lowest BCUT2D eigenvalue weighted by molar-refractivity contribution is -0.133. The molecule has 0 saturated carbocycles. The average Bonchev–Trinajstić information content (AvgIpc) is 2.84. The minimum Gasteiger partial charge on any atom is -0.385 e. The van der Waals surface area contributed by atoms with Crippen LogP contribution in [0.5, 0.6) is 0 Å². The molecule has 0 spiro atoms. The molecule has 1 N–H and O–H groups in total. The van der Waals surface area contributed by atoms with Crippen molar-refractivity contribution in [3.05, 3.63) is 0 Å². The molecule has 2 rings (SSSR count). The number of rotatable bonds is 6. The molecule has 0 bridgehead atoms. The van der Waals surface area contributed by atoms with E-state index in [0.29, 0.717) is 26.0 Å². The van der Waals surface area contributed by atoms with Crippen molar-refractivity contribution in [2.24, 2.45) is 5.10 Å². The molecule has 2 amide bonds. The summed E-state index contributed by atoms with van der Waals surface area (Å²) in [6, 6.07) is -0.450. The molecule has 0 aromatic carbocycles. The first-order chi connectivity index (χ1) is 10.4. The van der Waals surface area contributed by atoms with E-state index < -0.39 is 15.9 Å². The molecule has 0 aromatic rings. The summed E-state index contributed by atoms with van der Waals surface area (Å²) in [4.78, 5) is 24.0. The zero-order chi connectivity index (χ0) is 16.2. The molecule has 1 saturated heterocycles. The average molecular weight is 331 g/mol. The van der Waals surface area contributed by atoms with Gasteiger partial charge in [-0.25, -0.2) is 13.4 Å². The first-order valence-corrected chi connectivity index (χ1v) is 9.12. The van der Waals surface area contributed by atoms with Crippen molar-refractivity contribution < 1.29 is 22.7 Å². The maximum atomic E-state index is 12.0. The molecule has 2 aliphatic rings. The van der Waals surface area contributed by atoms with Gasteiger partial charge in [-0.15, -0.1) is 0 Å². The summed E-state index contributed by atoms with van der Waals surface area (Å²) in [5, 5.41) is 8.02. The SMILES string of the molecule is COCCCNC(=O)C1=NN([C@@H]2CCS(=O)(=O)C2)C(=O)CC1. The van der Waals surface area contributed by atoms with Crippen LogP contribution in [0.4, 0.5) is 0 Å². The van der Waals surface area contributed by atoms with E-state index >= 15 is 0 Å². The highest BCUT2D eigenvalue weighted by molar-refractivity contribution is 7.91. The minimum atomic E-state index is -3.10. The molecule has 0 aromatic heterocycles. The number of amides is 2. The number of hydrazone groups is 1. The Morgan fingerprint density at radius 2 is 2.23 bits per heavy atom. The highest BCUT2D eigenvalue weighted by atomic mass is 32.2. The lowest BCUT2D eigenvalue weighted by Gasteiger charge is -2.27. The first-order valence-electron chi connectivity index (χ1n) is 7.30. The zero-order valence-electron chi connectivity index (χ0n) is 12.6. The number of methoxy groups -OCH3 is 1. The summed E-state index contributed by atoms with van der Waals surface area (Å²) in [6.07, 6.45) is 1.53. The molecule has 2 aliphatic heterocycles. The number of hydrogen-bond donors (Lipinski definition) is 1. The Kier molecular flexibility index (Phi) is 5.52. The van der Waals surface area contributed by atoms with E-state index in [2.05, 4.69) is 10.4 Å². The van der Waals surface area contributed by atoms with E-state index in [1.54, 1.807) is 7.11 Å². The van der Waals surface area contributed by atoms with Crippen molar-refractivity contribution >= 4 is 27.4 Å². The van der Waals surface area contributed by atoms with E-state index in [1.165, 1.54) is 5.01 Å². The van der Waals surface area contributed by atoms with E-state index in [4.69, 9.17) is 4.74 Å². The Labute approximate surface area is 129 Å². The first kappa shape index (κ1) is 16.9. The van der Waals surface area contributed by atoms with Crippen LogP contribution in [0.25, 0.3) is 0 Å². The number of hydrogen-bond acceptors (Lipinski definition) is 6. The van der Waals surface area contributed by atoms with E-state index in [9.17, 15) is 18.0 Å². The minimum absolute atomic E-state index is 0.0650. The summed E-state index contributed by atoms with van der Waals surface area (Å²) < 4.78 is 28.0. The third-order valence-corrected chi connectivity index (χ3v) is 5.44. The van der Waals surface area contributed by atoms with Crippen molar-refractivity contribution in [2.45, 2.75) is 31.7 Å². The van der Waals surface area contributed by atoms with Gasteiger partial charge in [0.25, 0.3) is 5.91 Å². The summed E-state index contributed by atoms with van der Waals surface area (Å²) in [7, 11) is -1.51. The third kappa shape index (κ3) is 4.26. The lowest BCUT2D eigenvalue weighted by atomic mass is 10.1. The molecule has 124 valence electrons. The van der Waals surface area contributed by atoms with Gasteiger partial charge in [0.2, 0.25) is 5.91 Å². The predicted molar refractivity (Wildman–Crippen MR) is 80.1 cm³/mol. The Hall–Kier alpha value is -1.48. The number of ether oxygens (including phenoxy) is 1. The van der Waals surface area contributed by atoms with Gasteiger partial charge >= 0.3 is 0 Å². The van der Waals surface area contributed by atoms with Gasteiger partial charge in [-0.3, -0.25) is 9.59 Å². The fourth-order valence-corrected chi connectivity index (χ4v) is 4.20. The van der Waals surface area contributed by atoms with Crippen molar-refractivity contribution in [3.8, 4) is 0 Å². The number of nitrogens with zero attached hydrogens (tertiary/aromatic N) is 2. The Morgan fingerprint density at radius 1 is 1.45 bits per heavy atom. The van der Waals surface area contributed by atoms with Crippen molar-refractivity contribution in [1.29, 1.82) is 0 Å². The topological polar surface area (TPSA) is 105 Å². The molecule has 0 radical (unpaired) electrons. The Balaban J connectivity index is 1.98. The quantitative estimate of drug-likeness (QED) is 0.648. The predicted octanol–water partition coefficient (Wildman–Crippen LogP) is -0.695. The van der Waals surface area contributed by atoms with E-state index in [0.717, 1.165) is 0 Å². The molecular weight excluding hydrogens is 310 g/mol. The summed E-state index contributed by atoms with van der Waals surface area (Å²) in [5.74, 6) is -0.548. The number of carbonyl (C=O) groups excluding carboxylic acids is 2. The highest BCUT2D eigenvalue weighted by Crippen LogP contribution is 2.22. The van der Waals surface area contributed by atoms with Gasteiger partial charge in [0.15, 0.2) is 9.84 Å². The van der Waals surface area contributed by atoms with Crippen LogP contribution < -0.4 is 5.32 Å². The summed E-state index contributed by atoms with van der Waals surface area (Å²) in [6.45, 7) is 1.02. The van der Waals surface area contributed by atoms with Crippen molar-refractivity contribution in [1.82, 2.24) is 10.3 Å². The smallest absolute Gasteiger partial charge is 0.267 e. The molecule has 1 fully saturated rings. The molecule has 0 unspecified atom stereocenters. The number of sulfone groups is 1. The molecular formula is C13H21N3O5S. The summed E-state index contributed by atoms with van der Waals surface area (Å²) >= 11 is 0. The fourth-order valence-electron chi connectivity index (χ4n) is 2.51. The molecule has 2 heterocycles. The normalized spacial score (nSPS) is 24.2. The Morgan fingerprint density at radius 3 is 2.86 bits per heavy atom. The summed E-state index contributed by atoms with van der Waals surface area (Å²) in [5.41, 5.74) is 0.279. The number of carbonyl (C=O) groups is 2. The van der Waals surface area contributed by atoms with Gasteiger partial charge in [-0.1, -0.05) is 0 Å². The second-order valence-electron chi connectivity index (χ2n) is 5.44. The van der Waals surface area contributed by atoms with Crippen LogP contribution >= 0.6 is 0 Å². The van der Waals surface area contributed by atoms with Gasteiger partial charge in [-0.05, 0) is 12.8 Å². The zero-order valence-corrected chi connectivity index (χ0v) is 13.4. The van der Waals surface area contributed by atoms with Gasteiger partial charge < -0.3 is 10.1 Å². The molecule has 0 aliphatic carbocycles. The molecule has 22 heavy (non-hydrogen) atoms. The van der Waals surface area contributed by atoms with Gasteiger partial charge in [0.1, 0.15) is 5.71 Å². The Bertz CT molecular complexity index is 572. The molecule has 8 nitrogen and oxygen atoms in total. The van der Waals surface area contributed by atoms with Gasteiger partial charge in [0, 0.05) is 33.1 Å². The van der Waals surface area contributed by atoms with Crippen LogP contribution in [0, 0.1) is 0 Å². The maximum Gasteiger partial charge on any atom is 0.267 e. The van der Waals surface area contributed by atoms with Gasteiger partial charge in [0.05, 0.1) is 17.5 Å². The van der Waals surface area contributed by atoms with Gasteiger partial charge in [-0.2, -0.15) is 5.10 Å². The largest absolute Gasteiger partial charge is 0.385 e. The van der Waals surface area contributed by atoms with E-state index in [1.807, 2.05) is 0 Å². The van der Waals surface area contributed by atoms with Crippen LogP contribution in [0.2, 0.25) is 0 Å². The van der Waals surface area contributed by atoms with Crippen molar-refractivity contribution in [2.75, 3.05) is 31.8 Å². The van der Waals surface area contributed by atoms with Crippen LogP contribution in [0.15, 0.2) is 5.10 Å². The second-order valence-corrected chi connectivity index (χ2v) is 7.67. The second kappa shape index (κ2) is 7.19. The van der Waals surface area contributed by atoms with Crippen LogP contribution in [-0.4, -0.2) is 68.8 Å². The standard InChI is InChI=1S/C13H21N3O5S/c1-21-7-2-6-14-13(18)11-3-4-12(17)16(15-11)10-5-8-22(19,20)9-10/h10H,2-9H2,1H3,(H,14,18)/t10-/m1/s1.